The van der Waals surface area contributed by atoms with Crippen molar-refractivity contribution >= 4 is 0 Å². The maximum Gasteiger partial charge on any atom is 0.223 e. The van der Waals surface area contributed by atoms with Crippen LogP contribution >= 0.6 is 0 Å². The molecule has 0 N–H and O–H groups in total. The minimum atomic E-state index is -0.166. The zero-order chi connectivity index (χ0) is 15.9. The number of benzene rings is 2. The average molecular weight is 307 g/mol. The molecule has 0 fully saturated rings. The quantitative estimate of drug-likeness (QED) is 0.703. The van der Waals surface area contributed by atoms with E-state index >= 15 is 0 Å². The summed E-state index contributed by atoms with van der Waals surface area (Å²) in [6.45, 7) is 0.764. The van der Waals surface area contributed by atoms with Crippen LogP contribution in [0.4, 0.5) is 0 Å². The second-order valence-corrected chi connectivity index (χ2v) is 5.07. The zero-order valence-electron chi connectivity index (χ0n) is 12.6. The molecule has 2 aromatic carbocycles. The predicted molar refractivity (Wildman–Crippen MR) is 88.2 cm³/mol. The highest BCUT2D eigenvalue weighted by atomic mass is 16.7. The van der Waals surface area contributed by atoms with Gasteiger partial charge in [0, 0.05) is 12.3 Å². The van der Waals surface area contributed by atoms with Crippen LogP contribution in [0.25, 0.3) is 0 Å². The van der Waals surface area contributed by atoms with E-state index in [0.717, 1.165) is 11.1 Å². The fraction of sp³-hybridized carbons (Fsp3) is 0.105. The molecule has 3 aromatic rings. The van der Waals surface area contributed by atoms with E-state index < -0.39 is 0 Å². The number of rotatable bonds is 6. The van der Waals surface area contributed by atoms with Gasteiger partial charge in [-0.3, -0.25) is 4.79 Å². The van der Waals surface area contributed by atoms with Gasteiger partial charge in [0.05, 0.1) is 6.20 Å². The van der Waals surface area contributed by atoms with Crippen molar-refractivity contribution in [3.05, 3.63) is 100 Å². The van der Waals surface area contributed by atoms with E-state index in [4.69, 9.17) is 9.57 Å². The van der Waals surface area contributed by atoms with Crippen LogP contribution in [0.3, 0.4) is 0 Å². The molecule has 0 amide bonds. The maximum absolute atomic E-state index is 11.9. The van der Waals surface area contributed by atoms with Crippen molar-refractivity contribution in [2.24, 2.45) is 0 Å². The molecule has 0 atom stereocenters. The molecular formula is C19H17NO3. The van der Waals surface area contributed by atoms with Gasteiger partial charge in [0.2, 0.25) is 5.43 Å². The molecule has 0 aliphatic rings. The molecule has 4 nitrogen and oxygen atoms in total. The van der Waals surface area contributed by atoms with Gasteiger partial charge in [-0.25, -0.2) is 0 Å². The molecule has 0 aliphatic carbocycles. The number of hydrogen-bond acceptors (Lipinski definition) is 3. The van der Waals surface area contributed by atoms with E-state index in [9.17, 15) is 4.79 Å². The van der Waals surface area contributed by atoms with E-state index in [-0.39, 0.29) is 11.2 Å². The molecule has 23 heavy (non-hydrogen) atoms. The van der Waals surface area contributed by atoms with Gasteiger partial charge in [0.25, 0.3) is 0 Å². The molecule has 0 saturated heterocycles. The Morgan fingerprint density at radius 1 is 0.783 bits per heavy atom. The molecule has 4 heteroatoms. The third-order valence-corrected chi connectivity index (χ3v) is 3.32. The Balaban J connectivity index is 1.65. The fourth-order valence-electron chi connectivity index (χ4n) is 2.09. The van der Waals surface area contributed by atoms with Gasteiger partial charge in [-0.2, -0.15) is 4.73 Å². The Labute approximate surface area is 134 Å². The molecule has 116 valence electrons. The second kappa shape index (κ2) is 7.31. The average Bonchev–Trinajstić information content (AvgIpc) is 2.62. The standard InChI is InChI=1S/C19H17NO3/c21-18-11-12-20(23-15-17-9-5-2-6-10-17)13-19(18)22-14-16-7-3-1-4-8-16/h1-13H,14-15H2. The van der Waals surface area contributed by atoms with Crippen molar-refractivity contribution in [1.82, 2.24) is 4.73 Å². The SMILES string of the molecule is O=c1ccn(OCc2ccccc2)cc1OCc1ccccc1. The minimum absolute atomic E-state index is 0.166. The van der Waals surface area contributed by atoms with E-state index in [0.29, 0.717) is 13.2 Å². The summed E-state index contributed by atoms with van der Waals surface area (Å²) in [5.74, 6) is 0.268. The number of hydrogen-bond donors (Lipinski definition) is 0. The summed E-state index contributed by atoms with van der Waals surface area (Å²) in [6, 6.07) is 21.0. The summed E-state index contributed by atoms with van der Waals surface area (Å²) >= 11 is 0. The van der Waals surface area contributed by atoms with Crippen LogP contribution in [0.15, 0.2) is 83.9 Å². The van der Waals surface area contributed by atoms with Crippen LogP contribution in [0.1, 0.15) is 11.1 Å². The Kier molecular flexibility index (Phi) is 4.74. The first-order valence-corrected chi connectivity index (χ1v) is 7.37. The Hall–Kier alpha value is -3.01. The highest BCUT2D eigenvalue weighted by Gasteiger charge is 2.03. The van der Waals surface area contributed by atoms with Crippen molar-refractivity contribution < 1.29 is 9.57 Å². The summed E-state index contributed by atoms with van der Waals surface area (Å²) in [5, 5.41) is 0. The first-order valence-electron chi connectivity index (χ1n) is 7.37. The van der Waals surface area contributed by atoms with Crippen molar-refractivity contribution in [3.63, 3.8) is 0 Å². The topological polar surface area (TPSA) is 40.5 Å². The zero-order valence-corrected chi connectivity index (χ0v) is 12.6. The van der Waals surface area contributed by atoms with E-state index in [2.05, 4.69) is 0 Å². The van der Waals surface area contributed by atoms with Gasteiger partial charge in [-0.1, -0.05) is 60.7 Å². The van der Waals surface area contributed by atoms with Crippen LogP contribution in [0, 0.1) is 0 Å². The van der Waals surface area contributed by atoms with Crippen LogP contribution in [0.5, 0.6) is 5.75 Å². The fourth-order valence-corrected chi connectivity index (χ4v) is 2.09. The molecule has 0 aliphatic heterocycles. The second-order valence-electron chi connectivity index (χ2n) is 5.07. The normalized spacial score (nSPS) is 10.3. The largest absolute Gasteiger partial charge is 0.483 e. The van der Waals surface area contributed by atoms with Crippen molar-refractivity contribution in [2.75, 3.05) is 0 Å². The lowest BCUT2D eigenvalue weighted by Gasteiger charge is -2.11. The third-order valence-electron chi connectivity index (χ3n) is 3.32. The van der Waals surface area contributed by atoms with Crippen LogP contribution in [-0.2, 0) is 13.2 Å². The van der Waals surface area contributed by atoms with E-state index in [1.165, 1.54) is 10.8 Å². The van der Waals surface area contributed by atoms with Crippen LogP contribution < -0.4 is 15.0 Å². The van der Waals surface area contributed by atoms with Gasteiger partial charge in [-0.05, 0) is 11.1 Å². The first-order chi connectivity index (χ1) is 11.3. The van der Waals surface area contributed by atoms with E-state index in [1.807, 2.05) is 60.7 Å². The monoisotopic (exact) mass is 307 g/mol. The minimum Gasteiger partial charge on any atom is -0.483 e. The molecule has 0 unspecified atom stereocenters. The molecule has 3 rings (SSSR count). The van der Waals surface area contributed by atoms with Crippen molar-refractivity contribution in [3.8, 4) is 5.75 Å². The molecule has 1 heterocycles. The van der Waals surface area contributed by atoms with Crippen LogP contribution in [0.2, 0.25) is 0 Å². The lowest BCUT2D eigenvalue weighted by molar-refractivity contribution is 0.0932. The highest BCUT2D eigenvalue weighted by Crippen LogP contribution is 2.07. The van der Waals surface area contributed by atoms with Gasteiger partial charge in [0.15, 0.2) is 5.75 Å². The van der Waals surface area contributed by atoms with Crippen LogP contribution in [-0.4, -0.2) is 4.73 Å². The predicted octanol–water partition coefficient (Wildman–Crippen LogP) is 3.06. The van der Waals surface area contributed by atoms with Crippen molar-refractivity contribution in [2.45, 2.75) is 13.2 Å². The number of pyridine rings is 1. The number of ether oxygens (including phenoxy) is 1. The summed E-state index contributed by atoms with van der Waals surface area (Å²) < 4.78 is 7.10. The Morgan fingerprint density at radius 2 is 1.39 bits per heavy atom. The number of aromatic nitrogens is 1. The molecule has 0 spiro atoms. The number of nitrogens with zero attached hydrogens (tertiary/aromatic N) is 1. The lowest BCUT2D eigenvalue weighted by atomic mass is 10.2. The van der Waals surface area contributed by atoms with Gasteiger partial charge in [-0.15, -0.1) is 0 Å². The van der Waals surface area contributed by atoms with E-state index in [1.54, 1.807) is 12.4 Å². The Bertz CT molecular complexity index is 798. The van der Waals surface area contributed by atoms with Gasteiger partial charge < -0.3 is 9.57 Å². The molecule has 1 aromatic heterocycles. The van der Waals surface area contributed by atoms with Crippen molar-refractivity contribution in [1.29, 1.82) is 0 Å². The first kappa shape index (κ1) is 14.9. The Morgan fingerprint density at radius 3 is 2.04 bits per heavy atom. The summed E-state index contributed by atoms with van der Waals surface area (Å²) in [7, 11) is 0. The van der Waals surface area contributed by atoms with Gasteiger partial charge >= 0.3 is 0 Å². The molecule has 0 radical (unpaired) electrons. The maximum atomic E-state index is 11.9. The molecule has 0 bridgehead atoms. The third kappa shape index (κ3) is 4.23. The smallest absolute Gasteiger partial charge is 0.223 e. The molecule has 0 saturated carbocycles. The molecular weight excluding hydrogens is 290 g/mol. The summed E-state index contributed by atoms with van der Waals surface area (Å²) in [6.07, 6.45) is 3.15. The highest BCUT2D eigenvalue weighted by molar-refractivity contribution is 5.19. The summed E-state index contributed by atoms with van der Waals surface area (Å²) in [5.41, 5.74) is 1.89. The van der Waals surface area contributed by atoms with Gasteiger partial charge in [0.1, 0.15) is 13.2 Å². The summed E-state index contributed by atoms with van der Waals surface area (Å²) in [4.78, 5) is 17.5. The lowest BCUT2D eigenvalue weighted by Crippen LogP contribution is -2.16.